The molecule has 9 nitrogen and oxygen atoms in total. The summed E-state index contributed by atoms with van der Waals surface area (Å²) in [5, 5.41) is 17.4. The minimum absolute atomic E-state index is 0. The molecule has 2 heterocycles. The van der Waals surface area contributed by atoms with E-state index in [2.05, 4.69) is 33.3 Å². The fourth-order valence-corrected chi connectivity index (χ4v) is 3.26. The van der Waals surface area contributed by atoms with Gasteiger partial charge < -0.3 is 24.4 Å². The standard InChI is InChI=1S/C12H15NO3.C7H7NO3.C5H10O.HI/c1-8-5-10(6-8)16-9-3-4-11(13-7-9)12(14)15-2;1-11-7(10)6-3-2-5(9)4-8-6;1-4-2-5(6)3-4;/h3-4,7-8,10H,5-6H2,1-2H3;2-4,9H,1H3;4-6H,2-3H2,1H3;1H. The molecule has 4 rings (SSSR count). The normalized spacial score (nSPS) is 21.9. The third kappa shape index (κ3) is 9.80. The van der Waals surface area contributed by atoms with Gasteiger partial charge in [0.05, 0.1) is 38.8 Å². The molecule has 2 aliphatic carbocycles. The van der Waals surface area contributed by atoms with Crippen molar-refractivity contribution in [3.8, 4) is 11.5 Å². The molecule has 10 heteroatoms. The largest absolute Gasteiger partial charge is 0.506 e. The van der Waals surface area contributed by atoms with Gasteiger partial charge in [-0.05, 0) is 61.8 Å². The monoisotopic (exact) mass is 588 g/mol. The van der Waals surface area contributed by atoms with Crippen LogP contribution in [0.5, 0.6) is 11.5 Å². The highest BCUT2D eigenvalue weighted by molar-refractivity contribution is 14.0. The van der Waals surface area contributed by atoms with E-state index in [1.165, 1.54) is 32.5 Å². The molecule has 2 aliphatic rings. The van der Waals surface area contributed by atoms with Gasteiger partial charge in [-0.15, -0.1) is 24.0 Å². The van der Waals surface area contributed by atoms with Gasteiger partial charge in [-0.2, -0.15) is 0 Å². The molecule has 0 radical (unpaired) electrons. The molecule has 34 heavy (non-hydrogen) atoms. The quantitative estimate of drug-likeness (QED) is 0.402. The van der Waals surface area contributed by atoms with Crippen LogP contribution in [-0.4, -0.2) is 58.5 Å². The Hall–Kier alpha value is -2.47. The van der Waals surface area contributed by atoms with Crippen LogP contribution in [0.1, 0.15) is 60.5 Å². The number of hydrogen-bond acceptors (Lipinski definition) is 9. The number of aromatic hydroxyl groups is 1. The van der Waals surface area contributed by atoms with Gasteiger partial charge in [0.1, 0.15) is 22.9 Å². The fraction of sp³-hybridized carbons (Fsp3) is 0.500. The number of nitrogens with zero attached hydrogens (tertiary/aromatic N) is 2. The second kappa shape index (κ2) is 14.7. The molecule has 0 spiro atoms. The van der Waals surface area contributed by atoms with Crippen molar-refractivity contribution in [3.63, 3.8) is 0 Å². The Labute approximate surface area is 216 Å². The van der Waals surface area contributed by atoms with Crippen LogP contribution in [0.3, 0.4) is 0 Å². The van der Waals surface area contributed by atoms with Gasteiger partial charge in [0.2, 0.25) is 0 Å². The Balaban J connectivity index is 0.000000278. The number of aliphatic hydroxyl groups is 1. The first-order valence-electron chi connectivity index (χ1n) is 10.8. The number of rotatable bonds is 4. The van der Waals surface area contributed by atoms with Crippen LogP contribution in [0.15, 0.2) is 36.7 Å². The van der Waals surface area contributed by atoms with E-state index in [4.69, 9.17) is 14.9 Å². The highest BCUT2D eigenvalue weighted by Crippen LogP contribution is 2.30. The maximum atomic E-state index is 11.1. The van der Waals surface area contributed by atoms with E-state index in [0.717, 1.165) is 37.5 Å². The fourth-order valence-electron chi connectivity index (χ4n) is 3.26. The molecular weight excluding hydrogens is 555 g/mol. The predicted molar refractivity (Wildman–Crippen MR) is 135 cm³/mol. The van der Waals surface area contributed by atoms with Crippen LogP contribution in [0.2, 0.25) is 0 Å². The van der Waals surface area contributed by atoms with Crippen molar-refractivity contribution in [2.75, 3.05) is 14.2 Å². The molecule has 2 aromatic heterocycles. The average Bonchev–Trinajstić information content (AvgIpc) is 2.78. The van der Waals surface area contributed by atoms with Crippen LogP contribution < -0.4 is 4.74 Å². The topological polar surface area (TPSA) is 128 Å². The highest BCUT2D eigenvalue weighted by Gasteiger charge is 2.27. The van der Waals surface area contributed by atoms with Crippen molar-refractivity contribution in [2.24, 2.45) is 11.8 Å². The van der Waals surface area contributed by atoms with E-state index in [1.807, 2.05) is 0 Å². The summed E-state index contributed by atoms with van der Waals surface area (Å²) in [6.45, 7) is 4.37. The molecule has 2 fully saturated rings. The second-order valence-electron chi connectivity index (χ2n) is 8.31. The Morgan fingerprint density at radius 3 is 1.68 bits per heavy atom. The maximum absolute atomic E-state index is 11.1. The van der Waals surface area contributed by atoms with E-state index in [1.54, 1.807) is 18.3 Å². The number of aromatic nitrogens is 2. The Bertz CT molecular complexity index is 875. The lowest BCUT2D eigenvalue weighted by Gasteiger charge is -2.32. The third-order valence-electron chi connectivity index (χ3n) is 5.26. The number of carbonyl (C=O) groups is 2. The third-order valence-corrected chi connectivity index (χ3v) is 5.26. The molecular formula is C24H33IN2O7. The zero-order valence-electron chi connectivity index (χ0n) is 19.8. The zero-order valence-corrected chi connectivity index (χ0v) is 22.2. The van der Waals surface area contributed by atoms with Crippen molar-refractivity contribution in [1.29, 1.82) is 0 Å². The van der Waals surface area contributed by atoms with Crippen molar-refractivity contribution >= 4 is 35.9 Å². The molecule has 0 unspecified atom stereocenters. The lowest BCUT2D eigenvalue weighted by molar-refractivity contribution is 0.0512. The Kier molecular flexibility index (Phi) is 12.8. The van der Waals surface area contributed by atoms with Crippen LogP contribution >= 0.6 is 24.0 Å². The first-order valence-corrected chi connectivity index (χ1v) is 10.8. The summed E-state index contributed by atoms with van der Waals surface area (Å²) < 4.78 is 14.6. The Morgan fingerprint density at radius 2 is 1.35 bits per heavy atom. The number of pyridine rings is 2. The van der Waals surface area contributed by atoms with Crippen molar-refractivity contribution < 1.29 is 34.0 Å². The number of halogens is 1. The number of ether oxygens (including phenoxy) is 3. The molecule has 2 N–H and O–H groups in total. The number of aliphatic hydroxyl groups excluding tert-OH is 1. The van der Waals surface area contributed by atoms with Crippen LogP contribution in [0, 0.1) is 11.8 Å². The molecule has 2 aromatic rings. The SMILES string of the molecule is CC1CC(O)C1.COC(=O)c1ccc(O)cn1.COC(=O)c1ccc(OC2CC(C)C2)cn1.I. The van der Waals surface area contributed by atoms with Crippen LogP contribution in [0.25, 0.3) is 0 Å². The first-order chi connectivity index (χ1) is 15.7. The summed E-state index contributed by atoms with van der Waals surface area (Å²) in [5.74, 6) is 1.35. The molecule has 0 bridgehead atoms. The summed E-state index contributed by atoms with van der Waals surface area (Å²) in [7, 11) is 2.61. The molecule has 0 atom stereocenters. The average molecular weight is 588 g/mol. The zero-order chi connectivity index (χ0) is 24.4. The summed E-state index contributed by atoms with van der Waals surface area (Å²) >= 11 is 0. The molecule has 0 aliphatic heterocycles. The molecule has 0 aromatic carbocycles. The van der Waals surface area contributed by atoms with Crippen molar-refractivity contribution in [1.82, 2.24) is 9.97 Å². The Morgan fingerprint density at radius 1 is 0.853 bits per heavy atom. The molecule has 188 valence electrons. The number of methoxy groups -OCH3 is 2. The number of esters is 2. The van der Waals surface area contributed by atoms with E-state index < -0.39 is 11.9 Å². The van der Waals surface area contributed by atoms with Crippen LogP contribution in [-0.2, 0) is 9.47 Å². The number of carbonyl (C=O) groups excluding carboxylic acids is 2. The molecule has 0 amide bonds. The van der Waals surface area contributed by atoms with Gasteiger partial charge in [0.15, 0.2) is 0 Å². The van der Waals surface area contributed by atoms with Crippen LogP contribution in [0.4, 0.5) is 0 Å². The highest BCUT2D eigenvalue weighted by atomic mass is 127. The summed E-state index contributed by atoms with van der Waals surface area (Å²) in [6.07, 6.45) is 7.35. The lowest BCUT2D eigenvalue weighted by atomic mass is 9.84. The number of hydrogen-bond donors (Lipinski definition) is 2. The van der Waals surface area contributed by atoms with E-state index >= 15 is 0 Å². The second-order valence-corrected chi connectivity index (χ2v) is 8.31. The molecule has 2 saturated carbocycles. The van der Waals surface area contributed by atoms with E-state index in [-0.39, 0.29) is 41.5 Å². The predicted octanol–water partition coefficient (Wildman–Crippen LogP) is 4.01. The molecule has 0 saturated heterocycles. The van der Waals surface area contributed by atoms with Gasteiger partial charge in [-0.3, -0.25) is 0 Å². The van der Waals surface area contributed by atoms with Gasteiger partial charge in [0, 0.05) is 0 Å². The minimum atomic E-state index is -0.509. The van der Waals surface area contributed by atoms with Crippen molar-refractivity contribution in [3.05, 3.63) is 48.0 Å². The summed E-state index contributed by atoms with van der Waals surface area (Å²) in [6, 6.07) is 6.13. The van der Waals surface area contributed by atoms with Gasteiger partial charge in [-0.1, -0.05) is 13.8 Å². The smallest absolute Gasteiger partial charge is 0.356 e. The van der Waals surface area contributed by atoms with Crippen molar-refractivity contribution in [2.45, 2.75) is 51.7 Å². The first kappa shape index (κ1) is 29.6. The van der Waals surface area contributed by atoms with Gasteiger partial charge in [-0.25, -0.2) is 19.6 Å². The van der Waals surface area contributed by atoms with E-state index in [9.17, 15) is 9.59 Å². The summed E-state index contributed by atoms with van der Waals surface area (Å²) in [5.41, 5.74) is 0.488. The maximum Gasteiger partial charge on any atom is 0.356 e. The summed E-state index contributed by atoms with van der Waals surface area (Å²) in [4.78, 5) is 29.5. The van der Waals surface area contributed by atoms with Gasteiger partial charge >= 0.3 is 11.9 Å². The van der Waals surface area contributed by atoms with E-state index in [0.29, 0.717) is 17.5 Å². The lowest BCUT2D eigenvalue weighted by Crippen LogP contribution is -2.31. The minimum Gasteiger partial charge on any atom is -0.506 e. The van der Waals surface area contributed by atoms with Gasteiger partial charge in [0.25, 0.3) is 0 Å².